The predicted octanol–water partition coefficient (Wildman–Crippen LogP) is 0.592. The number of amides is 1. The van der Waals surface area contributed by atoms with Gasteiger partial charge in [-0.25, -0.2) is 4.39 Å². The van der Waals surface area contributed by atoms with E-state index in [2.05, 4.69) is 0 Å². The van der Waals surface area contributed by atoms with Crippen LogP contribution in [0, 0.1) is 5.82 Å². The number of halogens is 1. The van der Waals surface area contributed by atoms with Crippen molar-refractivity contribution in [2.45, 2.75) is 6.42 Å². The summed E-state index contributed by atoms with van der Waals surface area (Å²) >= 11 is 0. The first-order valence-electron chi connectivity index (χ1n) is 5.99. The second kappa shape index (κ2) is 7.83. The lowest BCUT2D eigenvalue weighted by Gasteiger charge is -2.18. The lowest BCUT2D eigenvalue weighted by molar-refractivity contribution is -0.149. The Morgan fingerprint density at radius 3 is 2.19 bits per heavy atom. The molecule has 0 unspecified atom stereocenters. The molecule has 0 saturated carbocycles. The number of carboxylic acid groups (broad SMARTS) is 2. The third-order valence-corrected chi connectivity index (χ3v) is 2.42. The van der Waals surface area contributed by atoms with Crippen molar-refractivity contribution in [2.24, 2.45) is 0 Å². The largest absolute Gasteiger partial charge is 0.490 e. The van der Waals surface area contributed by atoms with Gasteiger partial charge in [0.1, 0.15) is 13.1 Å². The maximum Gasteiger partial charge on any atom is 0.323 e. The molecule has 0 aliphatic heterocycles. The van der Waals surface area contributed by atoms with Gasteiger partial charge in [0.05, 0.1) is 13.0 Å². The number of carbonyl (C=O) groups is 3. The van der Waals surface area contributed by atoms with E-state index in [-0.39, 0.29) is 18.8 Å². The molecule has 114 valence electrons. The molecule has 0 fully saturated rings. The summed E-state index contributed by atoms with van der Waals surface area (Å²) in [5, 5.41) is 17.2. The van der Waals surface area contributed by atoms with Crippen molar-refractivity contribution in [3.8, 4) is 5.75 Å². The fourth-order valence-electron chi connectivity index (χ4n) is 1.53. The number of benzene rings is 1. The maximum atomic E-state index is 13.2. The van der Waals surface area contributed by atoms with Gasteiger partial charge in [0.15, 0.2) is 11.6 Å². The van der Waals surface area contributed by atoms with E-state index >= 15 is 0 Å². The highest BCUT2D eigenvalue weighted by Gasteiger charge is 2.19. The summed E-state index contributed by atoms with van der Waals surface area (Å²) in [4.78, 5) is 33.5. The average Bonchev–Trinajstić information content (AvgIpc) is 2.39. The van der Waals surface area contributed by atoms with Crippen molar-refractivity contribution >= 4 is 17.8 Å². The molecule has 0 heterocycles. The van der Waals surface area contributed by atoms with Crippen LogP contribution in [0.25, 0.3) is 0 Å². The fourth-order valence-corrected chi connectivity index (χ4v) is 1.53. The zero-order valence-corrected chi connectivity index (χ0v) is 11.0. The summed E-state index contributed by atoms with van der Waals surface area (Å²) in [7, 11) is 0. The van der Waals surface area contributed by atoms with Crippen molar-refractivity contribution in [1.29, 1.82) is 0 Å². The summed E-state index contributed by atoms with van der Waals surface area (Å²) in [5.41, 5.74) is 0. The Bertz CT molecular complexity index is 517. The average molecular weight is 299 g/mol. The molecule has 1 amide bonds. The van der Waals surface area contributed by atoms with Gasteiger partial charge in [-0.2, -0.15) is 0 Å². The monoisotopic (exact) mass is 299 g/mol. The van der Waals surface area contributed by atoms with Crippen LogP contribution in [0.3, 0.4) is 0 Å². The Morgan fingerprint density at radius 1 is 1.10 bits per heavy atom. The Hall–Kier alpha value is -2.64. The van der Waals surface area contributed by atoms with Gasteiger partial charge in [0.2, 0.25) is 5.91 Å². The molecule has 2 N–H and O–H groups in total. The molecule has 21 heavy (non-hydrogen) atoms. The molecule has 0 aromatic heterocycles. The molecule has 0 saturated heterocycles. The molecule has 0 spiro atoms. The van der Waals surface area contributed by atoms with E-state index in [1.54, 1.807) is 6.07 Å². The minimum Gasteiger partial charge on any atom is -0.490 e. The standard InChI is InChI=1S/C13H14FNO6/c14-9-3-1-2-4-10(9)21-6-5-11(16)15(7-12(17)18)8-13(19)20/h1-4H,5-8H2,(H,17,18)(H,19,20). The molecule has 0 aliphatic carbocycles. The van der Waals surface area contributed by atoms with Crippen LogP contribution in [0.2, 0.25) is 0 Å². The molecule has 0 bridgehead atoms. The SMILES string of the molecule is O=C(O)CN(CC(=O)O)C(=O)CCOc1ccccc1F. The van der Waals surface area contributed by atoms with Gasteiger partial charge in [-0.05, 0) is 12.1 Å². The summed E-state index contributed by atoms with van der Waals surface area (Å²) in [6.45, 7) is -1.62. The van der Waals surface area contributed by atoms with E-state index < -0.39 is 36.8 Å². The lowest BCUT2D eigenvalue weighted by atomic mass is 10.3. The Morgan fingerprint density at radius 2 is 1.67 bits per heavy atom. The van der Waals surface area contributed by atoms with Crippen LogP contribution in [0.1, 0.15) is 6.42 Å². The molecule has 0 radical (unpaired) electrons. The third-order valence-electron chi connectivity index (χ3n) is 2.42. The minimum atomic E-state index is -1.32. The van der Waals surface area contributed by atoms with Gasteiger partial charge in [-0.1, -0.05) is 12.1 Å². The number of aliphatic carboxylic acids is 2. The van der Waals surface area contributed by atoms with Crippen LogP contribution in [0.15, 0.2) is 24.3 Å². The molecule has 1 aromatic carbocycles. The molecule has 0 atom stereocenters. The van der Waals surface area contributed by atoms with Gasteiger partial charge in [-0.3, -0.25) is 14.4 Å². The number of hydrogen-bond donors (Lipinski definition) is 2. The fraction of sp³-hybridized carbons (Fsp3) is 0.308. The van der Waals surface area contributed by atoms with E-state index in [1.807, 2.05) is 0 Å². The Labute approximate surface area is 119 Å². The summed E-state index contributed by atoms with van der Waals surface area (Å²) in [5.74, 6) is -3.96. The molecular weight excluding hydrogens is 285 g/mol. The molecule has 0 aliphatic rings. The van der Waals surface area contributed by atoms with Crippen LogP contribution in [0.5, 0.6) is 5.75 Å². The van der Waals surface area contributed by atoms with E-state index in [0.717, 1.165) is 0 Å². The molecule has 1 aromatic rings. The quantitative estimate of drug-likeness (QED) is 0.728. The van der Waals surface area contributed by atoms with Crippen LogP contribution < -0.4 is 4.74 Å². The van der Waals surface area contributed by atoms with E-state index in [9.17, 15) is 18.8 Å². The predicted molar refractivity (Wildman–Crippen MR) is 68.4 cm³/mol. The lowest BCUT2D eigenvalue weighted by Crippen LogP contribution is -2.39. The first-order valence-corrected chi connectivity index (χ1v) is 5.99. The van der Waals surface area contributed by atoms with E-state index in [4.69, 9.17) is 14.9 Å². The normalized spacial score (nSPS) is 9.95. The van der Waals surface area contributed by atoms with Crippen molar-refractivity contribution in [3.05, 3.63) is 30.1 Å². The number of ether oxygens (including phenoxy) is 1. The van der Waals surface area contributed by atoms with E-state index in [1.165, 1.54) is 18.2 Å². The van der Waals surface area contributed by atoms with Gasteiger partial charge in [0.25, 0.3) is 0 Å². The smallest absolute Gasteiger partial charge is 0.323 e. The second-order valence-electron chi connectivity index (χ2n) is 4.07. The minimum absolute atomic E-state index is 0.0340. The van der Waals surface area contributed by atoms with Crippen LogP contribution in [0.4, 0.5) is 4.39 Å². The number of carboxylic acids is 2. The topological polar surface area (TPSA) is 104 Å². The summed E-state index contributed by atoms with van der Waals surface area (Å²) in [6.07, 6.45) is -0.255. The molecule has 1 rings (SSSR count). The summed E-state index contributed by atoms with van der Waals surface area (Å²) in [6, 6.07) is 5.61. The van der Waals surface area contributed by atoms with Crippen LogP contribution in [-0.4, -0.2) is 52.7 Å². The van der Waals surface area contributed by atoms with Gasteiger partial charge < -0.3 is 19.8 Å². The van der Waals surface area contributed by atoms with Gasteiger partial charge in [-0.15, -0.1) is 0 Å². The third kappa shape index (κ3) is 5.89. The molecular formula is C13H14FNO6. The zero-order valence-electron chi connectivity index (χ0n) is 11.0. The van der Waals surface area contributed by atoms with E-state index in [0.29, 0.717) is 4.90 Å². The number of rotatable bonds is 8. The van der Waals surface area contributed by atoms with Crippen LogP contribution >= 0.6 is 0 Å². The number of carbonyl (C=O) groups excluding carboxylic acids is 1. The van der Waals surface area contributed by atoms with Crippen molar-refractivity contribution < 1.29 is 33.7 Å². The highest BCUT2D eigenvalue weighted by atomic mass is 19.1. The molecule has 8 heteroatoms. The first kappa shape index (κ1) is 16.4. The second-order valence-corrected chi connectivity index (χ2v) is 4.07. The molecule has 7 nitrogen and oxygen atoms in total. The maximum absolute atomic E-state index is 13.2. The first-order chi connectivity index (χ1) is 9.90. The Balaban J connectivity index is 2.51. The van der Waals surface area contributed by atoms with Crippen molar-refractivity contribution in [1.82, 2.24) is 4.90 Å². The van der Waals surface area contributed by atoms with Gasteiger partial charge in [0, 0.05) is 0 Å². The van der Waals surface area contributed by atoms with Crippen LogP contribution in [-0.2, 0) is 14.4 Å². The van der Waals surface area contributed by atoms with Crippen molar-refractivity contribution in [2.75, 3.05) is 19.7 Å². The zero-order chi connectivity index (χ0) is 15.8. The highest BCUT2D eigenvalue weighted by Crippen LogP contribution is 2.15. The van der Waals surface area contributed by atoms with Crippen molar-refractivity contribution in [3.63, 3.8) is 0 Å². The Kier molecular flexibility index (Phi) is 6.12. The number of nitrogens with zero attached hydrogens (tertiary/aromatic N) is 1. The summed E-state index contributed by atoms with van der Waals surface area (Å²) < 4.78 is 18.3. The highest BCUT2D eigenvalue weighted by molar-refractivity contribution is 5.85. The number of hydrogen-bond acceptors (Lipinski definition) is 4. The van der Waals surface area contributed by atoms with Gasteiger partial charge >= 0.3 is 11.9 Å². The number of para-hydroxylation sites is 1.